The van der Waals surface area contributed by atoms with Crippen LogP contribution in [0.2, 0.25) is 0 Å². The molecule has 1 aromatic carbocycles. The predicted molar refractivity (Wildman–Crippen MR) is 104 cm³/mol. The summed E-state index contributed by atoms with van der Waals surface area (Å²) in [6.45, 7) is 3.17. The van der Waals surface area contributed by atoms with E-state index in [-0.39, 0.29) is 23.0 Å². The van der Waals surface area contributed by atoms with E-state index in [0.29, 0.717) is 17.0 Å². The number of nitrogens with zero attached hydrogens (tertiary/aromatic N) is 3. The number of nitrogen functional groups attached to an aromatic ring is 1. The zero-order chi connectivity index (χ0) is 22.1. The van der Waals surface area contributed by atoms with Crippen molar-refractivity contribution in [3.63, 3.8) is 0 Å². The Morgan fingerprint density at radius 1 is 1.40 bits per heavy atom. The number of aryl methyl sites for hydroxylation is 2. The van der Waals surface area contributed by atoms with E-state index in [9.17, 15) is 14.3 Å². The number of carbonyl (C=O) groups is 1. The molecule has 0 aliphatic carbocycles. The van der Waals surface area contributed by atoms with Gasteiger partial charge in [-0.3, -0.25) is 0 Å². The summed E-state index contributed by atoms with van der Waals surface area (Å²) in [4.78, 5) is 15.8. The van der Waals surface area contributed by atoms with E-state index in [0.717, 1.165) is 6.07 Å². The fourth-order valence-electron chi connectivity index (χ4n) is 2.59. The number of benzene rings is 1. The minimum Gasteiger partial charge on any atom is -0.464 e. The van der Waals surface area contributed by atoms with Crippen molar-refractivity contribution in [1.29, 1.82) is 0 Å². The van der Waals surface area contributed by atoms with Crippen LogP contribution in [0.25, 0.3) is 11.3 Å². The Labute approximate surface area is 172 Å². The molecule has 0 radical (unpaired) electrons. The zero-order valence-electron chi connectivity index (χ0n) is 16.9. The quantitative estimate of drug-likeness (QED) is 0.382. The van der Waals surface area contributed by atoms with Crippen molar-refractivity contribution < 1.29 is 28.1 Å². The van der Waals surface area contributed by atoms with Crippen LogP contribution in [-0.2, 0) is 17.4 Å². The molecule has 1 atom stereocenters. The lowest BCUT2D eigenvalue weighted by Crippen LogP contribution is -2.34. The average Bonchev–Trinajstić information content (AvgIpc) is 3.06. The number of nitrogens with two attached hydrogens (primary N) is 1. The molecule has 0 bridgehead atoms. The third-order valence-corrected chi connectivity index (χ3v) is 4.33. The number of anilines is 1. The van der Waals surface area contributed by atoms with Crippen LogP contribution in [0.1, 0.15) is 34.8 Å². The number of ether oxygens (including phenoxy) is 1. The highest BCUT2D eigenvalue weighted by molar-refractivity contribution is 5.93. The summed E-state index contributed by atoms with van der Waals surface area (Å²) < 4.78 is 26.0. The van der Waals surface area contributed by atoms with Crippen molar-refractivity contribution >= 4 is 11.7 Å². The first-order chi connectivity index (χ1) is 14.1. The summed E-state index contributed by atoms with van der Waals surface area (Å²) in [5.74, 6) is 4.63. The largest absolute Gasteiger partial charge is 0.464 e. The molecule has 0 aliphatic rings. The van der Waals surface area contributed by atoms with Crippen molar-refractivity contribution in [3.05, 3.63) is 59.2 Å². The molecule has 2 aromatic heterocycles. The van der Waals surface area contributed by atoms with Gasteiger partial charge in [-0.2, -0.15) is 0 Å². The number of carbonyl (C=O) groups excluding carboxylic acids is 1. The van der Waals surface area contributed by atoms with Crippen LogP contribution in [0.3, 0.4) is 0 Å². The first-order valence-electron chi connectivity index (χ1n) is 8.87. The number of pyridine rings is 1. The first-order valence-corrected chi connectivity index (χ1v) is 8.87. The summed E-state index contributed by atoms with van der Waals surface area (Å²) >= 11 is 0. The maximum Gasteiger partial charge on any atom is 0.370 e. The van der Waals surface area contributed by atoms with E-state index >= 15 is 0 Å². The maximum atomic E-state index is 14.5. The van der Waals surface area contributed by atoms with Crippen LogP contribution in [0, 0.1) is 24.6 Å². The molecule has 3 aromatic rings. The second-order valence-electron chi connectivity index (χ2n) is 6.70. The minimum atomic E-state index is -1.63. The first kappa shape index (κ1) is 21.0. The molecule has 1 unspecified atom stereocenters. The third kappa shape index (κ3) is 4.14. The number of esters is 1. The van der Waals surface area contributed by atoms with Gasteiger partial charge in [0, 0.05) is 22.3 Å². The number of hydrogen-bond acceptors (Lipinski definition) is 7. The molecule has 0 amide bonds. The van der Waals surface area contributed by atoms with Crippen molar-refractivity contribution in [2.75, 3.05) is 12.8 Å². The maximum absolute atomic E-state index is 14.5. The van der Waals surface area contributed by atoms with Gasteiger partial charge in [0.1, 0.15) is 5.69 Å². The summed E-state index contributed by atoms with van der Waals surface area (Å²) in [6.07, 6.45) is 0. The number of aromatic nitrogens is 3. The fraction of sp³-hybridized carbons (Fsp3) is 0.238. The Hall–Kier alpha value is -3.77. The second kappa shape index (κ2) is 7.93. The molecule has 0 saturated heterocycles. The molecule has 3 rings (SSSR count). The van der Waals surface area contributed by atoms with Gasteiger partial charge in [-0.1, -0.05) is 28.7 Å². The number of halogens is 1. The average molecular weight is 411 g/mol. The molecular formula is C21H20FN4O4+. The Morgan fingerprint density at radius 2 is 2.13 bits per heavy atom. The number of methoxy groups -OCH3 is 1. The standard InChI is InChI=1S/C21H19FN4O4/c1-12-26(3)25-20(30-12)21(2,28)9-8-13-6-5-7-14(10-13)17-15(22)11-16(23)18(24-17)19(27)29-4/h5-7,10-11,28H,1-4H3,(H-,23,27)/p+1. The van der Waals surface area contributed by atoms with E-state index in [2.05, 4.69) is 26.7 Å². The van der Waals surface area contributed by atoms with Gasteiger partial charge in [0.15, 0.2) is 18.6 Å². The van der Waals surface area contributed by atoms with Gasteiger partial charge in [0.25, 0.3) is 0 Å². The molecule has 30 heavy (non-hydrogen) atoms. The van der Waals surface area contributed by atoms with Gasteiger partial charge in [-0.15, -0.1) is 0 Å². The van der Waals surface area contributed by atoms with Crippen LogP contribution in [-0.4, -0.2) is 28.3 Å². The zero-order valence-corrected chi connectivity index (χ0v) is 16.9. The lowest BCUT2D eigenvalue weighted by molar-refractivity contribution is -0.737. The number of hydrogen-bond donors (Lipinski definition) is 2. The second-order valence-corrected chi connectivity index (χ2v) is 6.70. The topological polar surface area (TPSA) is 115 Å². The Morgan fingerprint density at radius 3 is 2.77 bits per heavy atom. The van der Waals surface area contributed by atoms with Crippen molar-refractivity contribution in [1.82, 2.24) is 10.1 Å². The predicted octanol–water partition coefficient (Wildman–Crippen LogP) is 1.64. The normalized spacial score (nSPS) is 12.6. The smallest absolute Gasteiger partial charge is 0.370 e. The fourth-order valence-corrected chi connectivity index (χ4v) is 2.59. The van der Waals surface area contributed by atoms with Crippen LogP contribution in [0.4, 0.5) is 10.1 Å². The summed E-state index contributed by atoms with van der Waals surface area (Å²) in [6, 6.07) is 7.54. The van der Waals surface area contributed by atoms with E-state index in [4.69, 9.17) is 10.2 Å². The van der Waals surface area contributed by atoms with Crippen LogP contribution >= 0.6 is 0 Å². The SMILES string of the molecule is COC(=O)c1nc(-c2cccc(C#CC(C)(O)c3n[n+](C)c(C)o3)c2)c(F)cc1N. The van der Waals surface area contributed by atoms with Crippen molar-refractivity contribution in [3.8, 4) is 23.1 Å². The summed E-state index contributed by atoms with van der Waals surface area (Å²) in [7, 11) is 2.87. The third-order valence-electron chi connectivity index (χ3n) is 4.33. The van der Waals surface area contributed by atoms with Gasteiger partial charge in [-0.25, -0.2) is 14.2 Å². The number of aliphatic hydroxyl groups is 1. The lowest BCUT2D eigenvalue weighted by Gasteiger charge is -2.09. The molecule has 8 nitrogen and oxygen atoms in total. The molecule has 154 valence electrons. The molecular weight excluding hydrogens is 391 g/mol. The minimum absolute atomic E-state index is 0.0557. The Balaban J connectivity index is 1.99. The van der Waals surface area contributed by atoms with Crippen molar-refractivity contribution in [2.45, 2.75) is 19.4 Å². The Kier molecular flexibility index (Phi) is 5.54. The van der Waals surface area contributed by atoms with Crippen LogP contribution < -0.4 is 10.4 Å². The van der Waals surface area contributed by atoms with Gasteiger partial charge in [0.05, 0.1) is 19.7 Å². The highest BCUT2D eigenvalue weighted by atomic mass is 19.1. The van der Waals surface area contributed by atoms with E-state index in [1.54, 1.807) is 38.2 Å². The van der Waals surface area contributed by atoms with Gasteiger partial charge in [0.2, 0.25) is 5.60 Å². The van der Waals surface area contributed by atoms with Gasteiger partial charge < -0.3 is 20.0 Å². The van der Waals surface area contributed by atoms with Crippen LogP contribution in [0.15, 0.2) is 34.7 Å². The lowest BCUT2D eigenvalue weighted by atomic mass is 10.0. The highest BCUT2D eigenvalue weighted by Gasteiger charge is 2.31. The van der Waals surface area contributed by atoms with Gasteiger partial charge in [-0.05, 0) is 19.1 Å². The summed E-state index contributed by atoms with van der Waals surface area (Å²) in [5.41, 5.74) is 4.52. The number of rotatable bonds is 3. The van der Waals surface area contributed by atoms with Gasteiger partial charge >= 0.3 is 17.8 Å². The molecule has 0 aliphatic heterocycles. The summed E-state index contributed by atoms with van der Waals surface area (Å²) in [5, 5.41) is 14.7. The van der Waals surface area contributed by atoms with E-state index < -0.39 is 17.4 Å². The van der Waals surface area contributed by atoms with E-state index in [1.807, 2.05) is 0 Å². The van der Waals surface area contributed by atoms with Crippen LogP contribution in [0.5, 0.6) is 0 Å². The highest BCUT2D eigenvalue weighted by Crippen LogP contribution is 2.25. The van der Waals surface area contributed by atoms with E-state index in [1.165, 1.54) is 18.7 Å². The molecule has 3 N–H and O–H groups in total. The van der Waals surface area contributed by atoms with Crippen molar-refractivity contribution in [2.24, 2.45) is 7.05 Å². The molecule has 0 saturated carbocycles. The Bertz CT molecular complexity index is 1170. The molecule has 0 fully saturated rings. The molecule has 0 spiro atoms. The molecule has 2 heterocycles. The molecule has 9 heteroatoms. The monoisotopic (exact) mass is 411 g/mol.